The van der Waals surface area contributed by atoms with Gasteiger partial charge in [-0.1, -0.05) is 12.1 Å². The summed E-state index contributed by atoms with van der Waals surface area (Å²) < 4.78 is 0. The van der Waals surface area contributed by atoms with Gasteiger partial charge in [0.1, 0.15) is 0 Å². The molecule has 17 heavy (non-hydrogen) atoms. The Bertz CT molecular complexity index is 432. The third-order valence-corrected chi connectivity index (χ3v) is 2.64. The van der Waals surface area contributed by atoms with Crippen LogP contribution in [0.15, 0.2) is 24.3 Å². The van der Waals surface area contributed by atoms with Crippen LogP contribution in [0.4, 0.5) is 0 Å². The summed E-state index contributed by atoms with van der Waals surface area (Å²) in [5, 5.41) is 20.8. The maximum atomic E-state index is 8.86. The minimum Gasteiger partial charge on any atom is -0.313 e. The van der Waals surface area contributed by atoms with Crippen LogP contribution in [0.1, 0.15) is 31.4 Å². The van der Waals surface area contributed by atoms with Gasteiger partial charge in [-0.05, 0) is 44.5 Å². The van der Waals surface area contributed by atoms with Crippen molar-refractivity contribution in [2.24, 2.45) is 5.41 Å². The van der Waals surface area contributed by atoms with Crippen LogP contribution in [-0.2, 0) is 6.54 Å². The molecule has 0 aromatic heterocycles. The van der Waals surface area contributed by atoms with Crippen LogP contribution < -0.4 is 5.32 Å². The molecule has 0 fully saturated rings. The summed E-state index contributed by atoms with van der Waals surface area (Å²) in [6.07, 6.45) is 0.833. The van der Waals surface area contributed by atoms with E-state index >= 15 is 0 Å². The molecule has 0 heterocycles. The number of nitrogens with zero attached hydrogens (tertiary/aromatic N) is 2. The van der Waals surface area contributed by atoms with Crippen LogP contribution in [0.25, 0.3) is 0 Å². The SMILES string of the molecule is CC(C)(C#N)CCNCc1ccc(C#N)cc1. The largest absolute Gasteiger partial charge is 0.313 e. The number of hydrogen-bond donors (Lipinski definition) is 1. The zero-order chi connectivity index (χ0) is 12.7. The second-order valence-electron chi connectivity index (χ2n) is 4.73. The van der Waals surface area contributed by atoms with Gasteiger partial charge in [-0.25, -0.2) is 0 Å². The van der Waals surface area contributed by atoms with Crippen LogP contribution >= 0.6 is 0 Å². The normalized spacial score (nSPS) is 10.6. The molecule has 0 aliphatic carbocycles. The molecule has 3 heteroatoms. The van der Waals surface area contributed by atoms with Crippen molar-refractivity contribution >= 4 is 0 Å². The molecule has 0 atom stereocenters. The number of hydrogen-bond acceptors (Lipinski definition) is 3. The van der Waals surface area contributed by atoms with Crippen LogP contribution in [0.2, 0.25) is 0 Å². The first-order valence-corrected chi connectivity index (χ1v) is 5.68. The Kier molecular flexibility index (Phi) is 4.69. The Hall–Kier alpha value is -1.84. The predicted octanol–water partition coefficient (Wildman–Crippen LogP) is 2.59. The van der Waals surface area contributed by atoms with Crippen molar-refractivity contribution < 1.29 is 0 Å². The summed E-state index contributed by atoms with van der Waals surface area (Å²) in [6, 6.07) is 11.9. The maximum Gasteiger partial charge on any atom is 0.0991 e. The fourth-order valence-corrected chi connectivity index (χ4v) is 1.39. The van der Waals surface area contributed by atoms with Gasteiger partial charge in [0.25, 0.3) is 0 Å². The van der Waals surface area contributed by atoms with Crippen molar-refractivity contribution in [1.82, 2.24) is 5.32 Å². The van der Waals surface area contributed by atoms with Crippen molar-refractivity contribution in [2.75, 3.05) is 6.54 Å². The number of nitriles is 2. The lowest BCUT2D eigenvalue weighted by atomic mass is 9.91. The average molecular weight is 227 g/mol. The lowest BCUT2D eigenvalue weighted by Crippen LogP contribution is -2.21. The van der Waals surface area contributed by atoms with Gasteiger partial charge < -0.3 is 5.32 Å². The molecule has 88 valence electrons. The lowest BCUT2D eigenvalue weighted by molar-refractivity contribution is 0.432. The highest BCUT2D eigenvalue weighted by atomic mass is 14.8. The Labute approximate surface area is 103 Å². The molecule has 0 aliphatic heterocycles. The molecular weight excluding hydrogens is 210 g/mol. The molecule has 1 aromatic carbocycles. The predicted molar refractivity (Wildman–Crippen MR) is 66.9 cm³/mol. The van der Waals surface area contributed by atoms with E-state index in [0.29, 0.717) is 5.56 Å². The molecular formula is C14H17N3. The van der Waals surface area contributed by atoms with E-state index in [-0.39, 0.29) is 5.41 Å². The van der Waals surface area contributed by atoms with Crippen molar-refractivity contribution in [3.63, 3.8) is 0 Å². The molecule has 0 saturated carbocycles. The van der Waals surface area contributed by atoms with Gasteiger partial charge in [0.2, 0.25) is 0 Å². The number of nitrogens with one attached hydrogen (secondary N) is 1. The molecule has 1 rings (SSSR count). The minimum absolute atomic E-state index is 0.266. The Balaban J connectivity index is 2.32. The summed E-state index contributed by atoms with van der Waals surface area (Å²) >= 11 is 0. The molecule has 1 N–H and O–H groups in total. The molecule has 0 unspecified atom stereocenters. The first-order valence-electron chi connectivity index (χ1n) is 5.68. The zero-order valence-corrected chi connectivity index (χ0v) is 10.3. The standard InChI is InChI=1S/C14H17N3/c1-14(2,11-16)7-8-17-10-13-5-3-12(9-15)4-6-13/h3-6,17H,7-8,10H2,1-2H3. The fraction of sp³-hybridized carbons (Fsp3) is 0.429. The van der Waals surface area contributed by atoms with E-state index in [9.17, 15) is 0 Å². The molecule has 0 amide bonds. The molecule has 3 nitrogen and oxygen atoms in total. The number of benzene rings is 1. The molecule has 0 radical (unpaired) electrons. The quantitative estimate of drug-likeness (QED) is 0.786. The molecule has 1 aromatic rings. The van der Waals surface area contributed by atoms with E-state index in [1.807, 2.05) is 38.1 Å². The van der Waals surface area contributed by atoms with Gasteiger partial charge in [-0.2, -0.15) is 10.5 Å². The smallest absolute Gasteiger partial charge is 0.0991 e. The molecule has 0 bridgehead atoms. The summed E-state index contributed by atoms with van der Waals surface area (Å²) in [5.41, 5.74) is 1.57. The van der Waals surface area contributed by atoms with Crippen molar-refractivity contribution in [1.29, 1.82) is 10.5 Å². The molecule has 0 aliphatic rings. The number of rotatable bonds is 5. The van der Waals surface area contributed by atoms with Gasteiger partial charge in [-0.3, -0.25) is 0 Å². The Morgan fingerprint density at radius 2 is 1.82 bits per heavy atom. The van der Waals surface area contributed by atoms with E-state index in [1.165, 1.54) is 0 Å². The summed E-state index contributed by atoms with van der Waals surface area (Å²) in [6.45, 7) is 5.47. The van der Waals surface area contributed by atoms with Crippen LogP contribution in [0.3, 0.4) is 0 Å². The second-order valence-corrected chi connectivity index (χ2v) is 4.73. The van der Waals surface area contributed by atoms with E-state index in [1.54, 1.807) is 0 Å². The average Bonchev–Trinajstić information content (AvgIpc) is 2.35. The second kappa shape index (κ2) is 6.03. The third kappa shape index (κ3) is 4.68. The molecule has 0 saturated heterocycles. The lowest BCUT2D eigenvalue weighted by Gasteiger charge is -2.15. The summed E-state index contributed by atoms with van der Waals surface area (Å²) in [4.78, 5) is 0. The van der Waals surface area contributed by atoms with E-state index < -0.39 is 0 Å². The Morgan fingerprint density at radius 3 is 2.35 bits per heavy atom. The molecule has 0 spiro atoms. The third-order valence-electron chi connectivity index (χ3n) is 2.64. The van der Waals surface area contributed by atoms with Gasteiger partial charge in [0.05, 0.1) is 23.1 Å². The minimum atomic E-state index is -0.266. The van der Waals surface area contributed by atoms with Gasteiger partial charge >= 0.3 is 0 Å². The van der Waals surface area contributed by atoms with E-state index in [2.05, 4.69) is 17.5 Å². The highest BCUT2D eigenvalue weighted by Gasteiger charge is 2.15. The van der Waals surface area contributed by atoms with Crippen LogP contribution in [0.5, 0.6) is 0 Å². The van der Waals surface area contributed by atoms with Crippen LogP contribution in [0, 0.1) is 28.1 Å². The highest BCUT2D eigenvalue weighted by molar-refractivity contribution is 5.31. The van der Waals surface area contributed by atoms with Gasteiger partial charge in [0.15, 0.2) is 0 Å². The Morgan fingerprint density at radius 1 is 1.18 bits per heavy atom. The van der Waals surface area contributed by atoms with Crippen LogP contribution in [-0.4, -0.2) is 6.54 Å². The summed E-state index contributed by atoms with van der Waals surface area (Å²) in [5.74, 6) is 0. The first kappa shape index (κ1) is 13.2. The highest BCUT2D eigenvalue weighted by Crippen LogP contribution is 2.17. The van der Waals surface area contributed by atoms with Crippen molar-refractivity contribution in [2.45, 2.75) is 26.8 Å². The monoisotopic (exact) mass is 227 g/mol. The van der Waals surface area contributed by atoms with Gasteiger partial charge in [-0.15, -0.1) is 0 Å². The van der Waals surface area contributed by atoms with E-state index in [4.69, 9.17) is 10.5 Å². The zero-order valence-electron chi connectivity index (χ0n) is 10.3. The maximum absolute atomic E-state index is 8.86. The van der Waals surface area contributed by atoms with Crippen molar-refractivity contribution in [3.8, 4) is 12.1 Å². The van der Waals surface area contributed by atoms with Gasteiger partial charge in [0, 0.05) is 6.54 Å². The topological polar surface area (TPSA) is 59.6 Å². The first-order chi connectivity index (χ1) is 8.07. The van der Waals surface area contributed by atoms with Crippen molar-refractivity contribution in [3.05, 3.63) is 35.4 Å². The van der Waals surface area contributed by atoms with E-state index in [0.717, 1.165) is 25.1 Å². The fourth-order valence-electron chi connectivity index (χ4n) is 1.39. The summed E-state index contributed by atoms with van der Waals surface area (Å²) in [7, 11) is 0.